The minimum atomic E-state index is -0.388. The third-order valence-electron chi connectivity index (χ3n) is 3.08. The van der Waals surface area contributed by atoms with Crippen LogP contribution < -0.4 is 5.32 Å². The van der Waals surface area contributed by atoms with E-state index in [-0.39, 0.29) is 17.9 Å². The van der Waals surface area contributed by atoms with Crippen LogP contribution in [0.15, 0.2) is 11.6 Å². The molecule has 5 nitrogen and oxygen atoms in total. The van der Waals surface area contributed by atoms with Crippen molar-refractivity contribution in [3.63, 3.8) is 0 Å². The summed E-state index contributed by atoms with van der Waals surface area (Å²) < 4.78 is 0. The van der Waals surface area contributed by atoms with Crippen LogP contribution in [0.5, 0.6) is 0 Å². The van der Waals surface area contributed by atoms with Gasteiger partial charge in [-0.3, -0.25) is 9.59 Å². The van der Waals surface area contributed by atoms with Gasteiger partial charge in [0, 0.05) is 39.3 Å². The van der Waals surface area contributed by atoms with Gasteiger partial charge in [0.2, 0.25) is 11.8 Å². The molecule has 1 saturated heterocycles. The van der Waals surface area contributed by atoms with Crippen LogP contribution in [-0.4, -0.2) is 61.4 Å². The molecule has 0 saturated carbocycles. The second-order valence-corrected chi connectivity index (χ2v) is 4.75. The number of nitrogens with zero attached hydrogens (tertiary/aromatic N) is 2. The van der Waals surface area contributed by atoms with E-state index in [1.807, 2.05) is 19.9 Å². The van der Waals surface area contributed by atoms with Gasteiger partial charge in [0.05, 0.1) is 0 Å². The van der Waals surface area contributed by atoms with Crippen LogP contribution in [0.25, 0.3) is 0 Å². The maximum Gasteiger partial charge on any atom is 0.249 e. The molecule has 2 amide bonds. The smallest absolute Gasteiger partial charge is 0.249 e. The van der Waals surface area contributed by atoms with Crippen molar-refractivity contribution in [3.05, 3.63) is 11.6 Å². The largest absolute Gasteiger partial charge is 0.347 e. The summed E-state index contributed by atoms with van der Waals surface area (Å²) in [6, 6.07) is -0.388. The van der Waals surface area contributed by atoms with Crippen LogP contribution in [0, 0.1) is 0 Å². The average Bonchev–Trinajstić information content (AvgIpc) is 2.37. The lowest BCUT2D eigenvalue weighted by atomic mass is 10.1. The van der Waals surface area contributed by atoms with Gasteiger partial charge in [0.15, 0.2) is 0 Å². The first-order valence-corrected chi connectivity index (χ1v) is 6.38. The van der Waals surface area contributed by atoms with Crippen molar-refractivity contribution in [2.24, 2.45) is 0 Å². The fraction of sp³-hybridized carbons (Fsp3) is 0.692. The highest BCUT2D eigenvalue weighted by atomic mass is 16.2. The zero-order valence-electron chi connectivity index (χ0n) is 11.7. The summed E-state index contributed by atoms with van der Waals surface area (Å²) in [7, 11) is 3.43. The number of hydrogen-bond acceptors (Lipinski definition) is 3. The van der Waals surface area contributed by atoms with Crippen molar-refractivity contribution in [3.8, 4) is 0 Å². The van der Waals surface area contributed by atoms with E-state index >= 15 is 0 Å². The van der Waals surface area contributed by atoms with E-state index in [1.54, 1.807) is 19.0 Å². The number of rotatable bonds is 3. The molecule has 0 aromatic heterocycles. The number of amides is 2. The zero-order chi connectivity index (χ0) is 13.7. The third-order valence-corrected chi connectivity index (χ3v) is 3.08. The molecule has 1 aliphatic rings. The summed E-state index contributed by atoms with van der Waals surface area (Å²) in [5.41, 5.74) is 0.718. The first kappa shape index (κ1) is 14.7. The maximum atomic E-state index is 12.3. The molecule has 5 heteroatoms. The van der Waals surface area contributed by atoms with Gasteiger partial charge in [0.25, 0.3) is 0 Å². The van der Waals surface area contributed by atoms with Crippen molar-refractivity contribution in [2.45, 2.75) is 26.3 Å². The lowest BCUT2D eigenvalue weighted by Crippen LogP contribution is -2.59. The van der Waals surface area contributed by atoms with E-state index in [0.29, 0.717) is 13.1 Å². The SMILES string of the molecule is CCC=C(C)C(=O)N1CCNCC1C(=O)N(C)C. The minimum Gasteiger partial charge on any atom is -0.347 e. The van der Waals surface area contributed by atoms with Crippen LogP contribution in [0.2, 0.25) is 0 Å². The molecule has 1 aliphatic heterocycles. The van der Waals surface area contributed by atoms with Crippen LogP contribution in [0.4, 0.5) is 0 Å². The Morgan fingerprint density at radius 1 is 1.44 bits per heavy atom. The Kier molecular flexibility index (Phi) is 5.34. The minimum absolute atomic E-state index is 0.0279. The van der Waals surface area contributed by atoms with Crippen molar-refractivity contribution in [1.29, 1.82) is 0 Å². The predicted molar refractivity (Wildman–Crippen MR) is 71.1 cm³/mol. The molecule has 1 unspecified atom stereocenters. The fourth-order valence-electron chi connectivity index (χ4n) is 2.09. The van der Waals surface area contributed by atoms with Crippen LogP contribution in [0.3, 0.4) is 0 Å². The number of hydrogen-bond donors (Lipinski definition) is 1. The molecule has 1 heterocycles. The van der Waals surface area contributed by atoms with E-state index in [9.17, 15) is 9.59 Å². The summed E-state index contributed by atoms with van der Waals surface area (Å²) >= 11 is 0. The third kappa shape index (κ3) is 3.32. The van der Waals surface area contributed by atoms with Crippen LogP contribution in [-0.2, 0) is 9.59 Å². The second-order valence-electron chi connectivity index (χ2n) is 4.75. The molecule has 0 spiro atoms. The first-order chi connectivity index (χ1) is 8.49. The summed E-state index contributed by atoms with van der Waals surface area (Å²) in [6.45, 7) is 5.66. The van der Waals surface area contributed by atoms with Crippen molar-refractivity contribution in [1.82, 2.24) is 15.1 Å². The monoisotopic (exact) mass is 253 g/mol. The summed E-state index contributed by atoms with van der Waals surface area (Å²) in [5.74, 6) is -0.0570. The Morgan fingerprint density at radius 2 is 2.11 bits per heavy atom. The van der Waals surface area contributed by atoms with Gasteiger partial charge in [-0.1, -0.05) is 13.0 Å². The number of carbonyl (C=O) groups excluding carboxylic acids is 2. The van der Waals surface area contributed by atoms with E-state index in [1.165, 1.54) is 4.90 Å². The van der Waals surface area contributed by atoms with Gasteiger partial charge in [0.1, 0.15) is 6.04 Å². The summed E-state index contributed by atoms with van der Waals surface area (Å²) in [5, 5.41) is 3.17. The number of allylic oxidation sites excluding steroid dienone is 1. The van der Waals surface area contributed by atoms with Gasteiger partial charge in [-0.05, 0) is 13.3 Å². The molecule has 1 fully saturated rings. The van der Waals surface area contributed by atoms with Crippen molar-refractivity contribution < 1.29 is 9.59 Å². The normalized spacial score (nSPS) is 20.8. The van der Waals surface area contributed by atoms with Gasteiger partial charge < -0.3 is 15.1 Å². The molecule has 1 rings (SSSR count). The van der Waals surface area contributed by atoms with Crippen molar-refractivity contribution >= 4 is 11.8 Å². The highest BCUT2D eigenvalue weighted by molar-refractivity contribution is 5.96. The average molecular weight is 253 g/mol. The molecular weight excluding hydrogens is 230 g/mol. The molecule has 18 heavy (non-hydrogen) atoms. The standard InChI is InChI=1S/C13H23N3O2/c1-5-6-10(2)12(17)16-8-7-14-9-11(16)13(18)15(3)4/h6,11,14H,5,7-9H2,1-4H3. The molecule has 1 atom stereocenters. The topological polar surface area (TPSA) is 52.7 Å². The number of carbonyl (C=O) groups is 2. The number of nitrogens with one attached hydrogen (secondary N) is 1. The quantitative estimate of drug-likeness (QED) is 0.733. The Hall–Kier alpha value is -1.36. The molecule has 0 aromatic carbocycles. The molecule has 1 N–H and O–H groups in total. The van der Waals surface area contributed by atoms with E-state index in [4.69, 9.17) is 0 Å². The van der Waals surface area contributed by atoms with Gasteiger partial charge in [-0.2, -0.15) is 0 Å². The van der Waals surface area contributed by atoms with Crippen LogP contribution >= 0.6 is 0 Å². The molecule has 0 aliphatic carbocycles. The Bertz CT molecular complexity index is 350. The molecule has 0 bridgehead atoms. The zero-order valence-corrected chi connectivity index (χ0v) is 11.7. The van der Waals surface area contributed by atoms with Gasteiger partial charge in [-0.25, -0.2) is 0 Å². The van der Waals surface area contributed by atoms with Gasteiger partial charge in [-0.15, -0.1) is 0 Å². The molecular formula is C13H23N3O2. The highest BCUT2D eigenvalue weighted by Crippen LogP contribution is 2.11. The summed E-state index contributed by atoms with van der Waals surface area (Å²) in [4.78, 5) is 27.6. The fourth-order valence-corrected chi connectivity index (χ4v) is 2.09. The predicted octanol–water partition coefficient (Wildman–Crippen LogP) is 0.231. The molecule has 102 valence electrons. The lowest BCUT2D eigenvalue weighted by molar-refractivity contribution is -0.143. The van der Waals surface area contributed by atoms with E-state index in [0.717, 1.165) is 18.5 Å². The van der Waals surface area contributed by atoms with E-state index in [2.05, 4.69) is 5.32 Å². The van der Waals surface area contributed by atoms with Crippen LogP contribution in [0.1, 0.15) is 20.3 Å². The lowest BCUT2D eigenvalue weighted by Gasteiger charge is -2.36. The highest BCUT2D eigenvalue weighted by Gasteiger charge is 2.33. The first-order valence-electron chi connectivity index (χ1n) is 6.38. The molecule has 0 radical (unpaired) electrons. The Balaban J connectivity index is 2.86. The van der Waals surface area contributed by atoms with E-state index < -0.39 is 0 Å². The molecule has 0 aromatic rings. The number of piperazine rings is 1. The van der Waals surface area contributed by atoms with Gasteiger partial charge >= 0.3 is 0 Å². The Morgan fingerprint density at radius 3 is 2.67 bits per heavy atom. The van der Waals surface area contributed by atoms with Crippen molar-refractivity contribution in [2.75, 3.05) is 33.7 Å². The maximum absolute atomic E-state index is 12.3. The second kappa shape index (κ2) is 6.54. The Labute approximate surface area is 109 Å². The number of likely N-dealkylation sites (N-methyl/N-ethyl adjacent to an activating group) is 1. The summed E-state index contributed by atoms with van der Waals surface area (Å²) in [6.07, 6.45) is 2.73.